The largest absolute Gasteiger partial charge is 0.512 e. The minimum Gasteiger partial charge on any atom is -0.449 e. The predicted molar refractivity (Wildman–Crippen MR) is 79.6 cm³/mol. The van der Waals surface area contributed by atoms with Gasteiger partial charge in [0.05, 0.1) is 5.52 Å². The fraction of sp³-hybridized carbons (Fsp3) is 0.0588. The maximum absolute atomic E-state index is 10.8. The molecule has 3 rings (SSSR count). The zero-order valence-electron chi connectivity index (χ0n) is 11.2. The number of fused-ring (bicyclic) bond motifs is 1. The van der Waals surface area contributed by atoms with E-state index in [0.717, 1.165) is 16.5 Å². The van der Waals surface area contributed by atoms with Gasteiger partial charge in [0.1, 0.15) is 0 Å². The van der Waals surface area contributed by atoms with E-state index in [1.807, 2.05) is 60.7 Å². The molecule has 1 heterocycles. The Kier molecular flexibility index (Phi) is 3.51. The summed E-state index contributed by atoms with van der Waals surface area (Å²) in [5.41, 5.74) is 2.54. The molecule has 0 fully saturated rings. The minimum absolute atomic E-state index is 0.144. The smallest absolute Gasteiger partial charge is 0.449 e. The van der Waals surface area contributed by atoms with Gasteiger partial charge in [0, 0.05) is 17.4 Å². The first-order chi connectivity index (χ1) is 10.2. The van der Waals surface area contributed by atoms with E-state index in [9.17, 15) is 4.79 Å². The van der Waals surface area contributed by atoms with Crippen LogP contribution < -0.4 is 4.74 Å². The lowest BCUT2D eigenvalue weighted by atomic mass is 10.0. The summed E-state index contributed by atoms with van der Waals surface area (Å²) in [7, 11) is 0. The van der Waals surface area contributed by atoms with Gasteiger partial charge in [-0.25, -0.2) is 9.78 Å². The van der Waals surface area contributed by atoms with E-state index in [4.69, 9.17) is 9.84 Å². The van der Waals surface area contributed by atoms with Gasteiger partial charge < -0.3 is 9.84 Å². The highest BCUT2D eigenvalue weighted by molar-refractivity contribution is 5.80. The summed E-state index contributed by atoms with van der Waals surface area (Å²) < 4.78 is 4.83. The molecular formula is C17H13NO3. The number of benzene rings is 2. The fourth-order valence-corrected chi connectivity index (χ4v) is 2.26. The van der Waals surface area contributed by atoms with Gasteiger partial charge in [-0.2, -0.15) is 0 Å². The number of carbonyl (C=O) groups is 1. The Balaban J connectivity index is 2.07. The molecule has 0 radical (unpaired) electrons. The van der Waals surface area contributed by atoms with Crippen molar-refractivity contribution in [1.82, 2.24) is 4.98 Å². The van der Waals surface area contributed by atoms with E-state index in [1.54, 1.807) is 0 Å². The van der Waals surface area contributed by atoms with Crippen LogP contribution >= 0.6 is 0 Å². The Morgan fingerprint density at radius 3 is 2.52 bits per heavy atom. The van der Waals surface area contributed by atoms with Crippen LogP contribution in [-0.4, -0.2) is 16.2 Å². The van der Waals surface area contributed by atoms with Crippen molar-refractivity contribution in [3.63, 3.8) is 0 Å². The fourth-order valence-electron chi connectivity index (χ4n) is 2.26. The predicted octanol–water partition coefficient (Wildman–Crippen LogP) is 3.88. The minimum atomic E-state index is -1.35. The average Bonchev–Trinajstić information content (AvgIpc) is 2.48. The third kappa shape index (κ3) is 3.00. The van der Waals surface area contributed by atoms with Crippen LogP contribution in [0.1, 0.15) is 11.1 Å². The van der Waals surface area contributed by atoms with Crippen LogP contribution in [0.2, 0.25) is 0 Å². The Bertz CT molecular complexity index is 784. The lowest BCUT2D eigenvalue weighted by molar-refractivity contribution is 0.142. The Morgan fingerprint density at radius 1 is 1.05 bits per heavy atom. The first-order valence-electron chi connectivity index (χ1n) is 6.56. The number of hydrogen-bond acceptors (Lipinski definition) is 3. The van der Waals surface area contributed by atoms with Crippen molar-refractivity contribution >= 4 is 17.1 Å². The third-order valence-electron chi connectivity index (χ3n) is 3.18. The monoisotopic (exact) mass is 279 g/mol. The van der Waals surface area contributed by atoms with Crippen LogP contribution in [0.25, 0.3) is 10.9 Å². The average molecular weight is 279 g/mol. The Labute approximate surface area is 121 Å². The summed E-state index contributed by atoms with van der Waals surface area (Å²) in [6.45, 7) is 0. The van der Waals surface area contributed by atoms with E-state index >= 15 is 0 Å². The molecule has 4 heteroatoms. The van der Waals surface area contributed by atoms with Gasteiger partial charge in [-0.3, -0.25) is 0 Å². The molecule has 1 aromatic heterocycles. The molecule has 0 unspecified atom stereocenters. The molecule has 2 aromatic carbocycles. The summed E-state index contributed by atoms with van der Waals surface area (Å²) in [5.74, 6) is 0.144. The second-order valence-electron chi connectivity index (χ2n) is 4.68. The molecule has 1 N–H and O–H groups in total. The van der Waals surface area contributed by atoms with Gasteiger partial charge in [-0.05, 0) is 17.7 Å². The maximum Gasteiger partial charge on any atom is 0.512 e. The van der Waals surface area contributed by atoms with E-state index in [0.29, 0.717) is 11.9 Å². The van der Waals surface area contributed by atoms with Gasteiger partial charge in [0.2, 0.25) is 5.88 Å². The number of rotatable bonds is 3. The molecule has 0 atom stereocenters. The zero-order chi connectivity index (χ0) is 14.7. The number of pyridine rings is 1. The highest BCUT2D eigenvalue weighted by Gasteiger charge is 2.12. The number of hydrogen-bond donors (Lipinski definition) is 1. The second-order valence-corrected chi connectivity index (χ2v) is 4.68. The van der Waals surface area contributed by atoms with Crippen LogP contribution in [0.3, 0.4) is 0 Å². The summed E-state index contributed by atoms with van der Waals surface area (Å²) >= 11 is 0. The SMILES string of the molecule is O=C(O)Oc1nc2ccccc2cc1Cc1ccccc1. The standard InChI is InChI=1S/C17H13NO3/c19-17(20)21-16-14(10-12-6-2-1-3-7-12)11-13-8-4-5-9-15(13)18-16/h1-9,11H,10H2,(H,19,20). The van der Waals surface area contributed by atoms with Gasteiger partial charge in [0.25, 0.3) is 0 Å². The normalized spacial score (nSPS) is 10.5. The number of para-hydroxylation sites is 1. The lowest BCUT2D eigenvalue weighted by Gasteiger charge is -2.09. The topological polar surface area (TPSA) is 59.4 Å². The third-order valence-corrected chi connectivity index (χ3v) is 3.18. The summed E-state index contributed by atoms with van der Waals surface area (Å²) in [5, 5.41) is 9.83. The number of nitrogens with zero attached hydrogens (tertiary/aromatic N) is 1. The quantitative estimate of drug-likeness (QED) is 0.739. The van der Waals surface area contributed by atoms with Gasteiger partial charge in [-0.15, -0.1) is 0 Å². The second kappa shape index (κ2) is 5.63. The molecular weight excluding hydrogens is 266 g/mol. The molecule has 0 amide bonds. The molecule has 3 aromatic rings. The number of aromatic nitrogens is 1. The van der Waals surface area contributed by atoms with Crippen molar-refractivity contribution in [1.29, 1.82) is 0 Å². The van der Waals surface area contributed by atoms with Crippen LogP contribution in [-0.2, 0) is 6.42 Å². The highest BCUT2D eigenvalue weighted by atomic mass is 16.7. The van der Waals surface area contributed by atoms with E-state index in [-0.39, 0.29) is 5.88 Å². The summed E-state index contributed by atoms with van der Waals surface area (Å²) in [6, 6.07) is 19.3. The summed E-state index contributed by atoms with van der Waals surface area (Å²) in [6.07, 6.45) is -0.784. The molecule has 0 saturated carbocycles. The first-order valence-corrected chi connectivity index (χ1v) is 6.56. The molecule has 0 spiro atoms. The molecule has 21 heavy (non-hydrogen) atoms. The van der Waals surface area contributed by atoms with Gasteiger partial charge in [0.15, 0.2) is 0 Å². The van der Waals surface area contributed by atoms with Crippen LogP contribution in [0.5, 0.6) is 5.88 Å². The zero-order valence-corrected chi connectivity index (χ0v) is 11.2. The van der Waals surface area contributed by atoms with Crippen LogP contribution in [0, 0.1) is 0 Å². The number of carboxylic acid groups (broad SMARTS) is 1. The molecule has 0 aliphatic carbocycles. The molecule has 4 nitrogen and oxygen atoms in total. The van der Waals surface area contributed by atoms with Crippen LogP contribution in [0.15, 0.2) is 60.7 Å². The van der Waals surface area contributed by atoms with E-state index in [2.05, 4.69) is 4.98 Å². The Morgan fingerprint density at radius 2 is 1.76 bits per heavy atom. The van der Waals surface area contributed by atoms with Crippen molar-refractivity contribution in [2.45, 2.75) is 6.42 Å². The van der Waals surface area contributed by atoms with Crippen molar-refractivity contribution < 1.29 is 14.6 Å². The van der Waals surface area contributed by atoms with Crippen molar-refractivity contribution in [3.8, 4) is 5.88 Å². The van der Waals surface area contributed by atoms with Crippen molar-refractivity contribution in [2.75, 3.05) is 0 Å². The molecule has 0 aliphatic heterocycles. The first kappa shape index (κ1) is 13.1. The van der Waals surface area contributed by atoms with Crippen LogP contribution in [0.4, 0.5) is 4.79 Å². The van der Waals surface area contributed by atoms with Crippen molar-refractivity contribution in [2.24, 2.45) is 0 Å². The van der Waals surface area contributed by atoms with Crippen molar-refractivity contribution in [3.05, 3.63) is 71.8 Å². The van der Waals surface area contributed by atoms with Gasteiger partial charge >= 0.3 is 6.16 Å². The molecule has 0 saturated heterocycles. The Hall–Kier alpha value is -2.88. The van der Waals surface area contributed by atoms with E-state index in [1.165, 1.54) is 0 Å². The summed E-state index contributed by atoms with van der Waals surface area (Å²) in [4.78, 5) is 15.2. The molecule has 0 bridgehead atoms. The maximum atomic E-state index is 10.8. The lowest BCUT2D eigenvalue weighted by Crippen LogP contribution is -2.07. The molecule has 0 aliphatic rings. The highest BCUT2D eigenvalue weighted by Crippen LogP contribution is 2.25. The number of ether oxygens (including phenoxy) is 1. The molecule has 104 valence electrons. The van der Waals surface area contributed by atoms with E-state index < -0.39 is 6.16 Å². The van der Waals surface area contributed by atoms with Gasteiger partial charge in [-0.1, -0.05) is 48.5 Å².